The zero-order valence-electron chi connectivity index (χ0n) is 5.98. The molecular weight excluding hydrogens is 239 g/mol. The molecule has 0 spiro atoms. The highest BCUT2D eigenvalue weighted by Gasteiger charge is 2.54. The first-order valence-corrected chi connectivity index (χ1v) is 4.61. The van der Waals surface area contributed by atoms with Gasteiger partial charge in [-0.1, -0.05) is 46.4 Å². The molecule has 4 radical (unpaired) electrons. The Morgan fingerprint density at radius 1 is 0.833 bits per heavy atom. The van der Waals surface area contributed by atoms with Crippen LogP contribution in [0.1, 0.15) is 0 Å². The standard InChI is InChI=1S/C4H4B2Cl4N2/c5-11-1-2-12(6)4(9,10)3(11,7)8/h1-2H2. The van der Waals surface area contributed by atoms with E-state index in [-0.39, 0.29) is 0 Å². The van der Waals surface area contributed by atoms with E-state index in [9.17, 15) is 0 Å². The number of piperazine rings is 1. The van der Waals surface area contributed by atoms with E-state index in [1.54, 1.807) is 0 Å². The van der Waals surface area contributed by atoms with E-state index < -0.39 is 8.91 Å². The van der Waals surface area contributed by atoms with Gasteiger partial charge >= 0.3 is 0 Å². The summed E-state index contributed by atoms with van der Waals surface area (Å²) in [6.07, 6.45) is 0. The topological polar surface area (TPSA) is 6.48 Å². The number of rotatable bonds is 0. The molecule has 0 aromatic heterocycles. The van der Waals surface area contributed by atoms with Gasteiger partial charge < -0.3 is 9.62 Å². The summed E-state index contributed by atoms with van der Waals surface area (Å²) in [6, 6.07) is 0. The van der Waals surface area contributed by atoms with Crippen molar-refractivity contribution in [2.45, 2.75) is 8.91 Å². The molecule has 1 rings (SSSR count). The molecule has 12 heavy (non-hydrogen) atoms. The van der Waals surface area contributed by atoms with E-state index in [2.05, 4.69) is 0 Å². The minimum Gasteiger partial charge on any atom is -0.319 e. The van der Waals surface area contributed by atoms with Crippen molar-refractivity contribution in [3.63, 3.8) is 0 Å². The van der Waals surface area contributed by atoms with E-state index in [0.29, 0.717) is 13.1 Å². The number of halogens is 4. The quantitative estimate of drug-likeness (QED) is 0.356. The Hall–Kier alpha value is 1.21. The molecule has 0 aromatic carbocycles. The molecule has 1 fully saturated rings. The Balaban J connectivity index is 2.92. The molecule has 1 heterocycles. The summed E-state index contributed by atoms with van der Waals surface area (Å²) in [4.78, 5) is 2.28. The van der Waals surface area contributed by atoms with E-state index in [1.807, 2.05) is 0 Å². The summed E-state index contributed by atoms with van der Waals surface area (Å²) in [5.41, 5.74) is 0. The molecule has 0 bridgehead atoms. The molecule has 1 saturated heterocycles. The second-order valence-corrected chi connectivity index (χ2v) is 5.04. The molecule has 0 amide bonds. The molecule has 0 aliphatic carbocycles. The monoisotopic (exact) mass is 242 g/mol. The van der Waals surface area contributed by atoms with E-state index in [1.165, 1.54) is 0 Å². The average molecular weight is 244 g/mol. The normalized spacial score (nSPS) is 30.3. The third-order valence-corrected chi connectivity index (χ3v) is 4.01. The Bertz CT molecular complexity index is 168. The Morgan fingerprint density at radius 3 is 1.33 bits per heavy atom. The van der Waals surface area contributed by atoms with E-state index >= 15 is 0 Å². The van der Waals surface area contributed by atoms with Gasteiger partial charge in [0.05, 0.1) is 0 Å². The molecule has 0 N–H and O–H groups in total. The van der Waals surface area contributed by atoms with Gasteiger partial charge in [0.15, 0.2) is 16.0 Å². The fraction of sp³-hybridized carbons (Fsp3) is 1.00. The summed E-state index contributed by atoms with van der Waals surface area (Å²) in [5.74, 6) is 0. The van der Waals surface area contributed by atoms with Crippen LogP contribution in [-0.4, -0.2) is 47.6 Å². The molecule has 1 aliphatic heterocycles. The molecular formula is C4H4B2Cl4N2. The predicted molar refractivity (Wildman–Crippen MR) is 53.8 cm³/mol. The molecule has 0 atom stereocenters. The van der Waals surface area contributed by atoms with Crippen LogP contribution in [0.3, 0.4) is 0 Å². The van der Waals surface area contributed by atoms with Crippen molar-refractivity contribution in [3.8, 4) is 0 Å². The minimum absolute atomic E-state index is 0.394. The highest BCUT2D eigenvalue weighted by atomic mass is 35.5. The van der Waals surface area contributed by atoms with Gasteiger partial charge in [0.25, 0.3) is 0 Å². The third-order valence-electron chi connectivity index (χ3n) is 1.67. The number of nitrogens with zero attached hydrogens (tertiary/aromatic N) is 2. The van der Waals surface area contributed by atoms with Gasteiger partial charge in [-0.2, -0.15) is 0 Å². The average Bonchev–Trinajstić information content (AvgIpc) is 1.96. The van der Waals surface area contributed by atoms with Crippen molar-refractivity contribution in [3.05, 3.63) is 0 Å². The highest BCUT2D eigenvalue weighted by molar-refractivity contribution is 6.63. The maximum Gasteiger partial charge on any atom is 0.206 e. The molecule has 1 aliphatic rings. The summed E-state index contributed by atoms with van der Waals surface area (Å²) in [5, 5.41) is 0. The summed E-state index contributed by atoms with van der Waals surface area (Å²) in [6.45, 7) is 0.787. The van der Waals surface area contributed by atoms with Crippen LogP contribution in [0.15, 0.2) is 0 Å². The zero-order valence-corrected chi connectivity index (χ0v) is 9.00. The highest BCUT2D eigenvalue weighted by Crippen LogP contribution is 2.47. The minimum atomic E-state index is -1.61. The first kappa shape index (κ1) is 11.3. The van der Waals surface area contributed by atoms with E-state index in [0.717, 1.165) is 9.62 Å². The van der Waals surface area contributed by atoms with Gasteiger partial charge in [-0.15, -0.1) is 0 Å². The van der Waals surface area contributed by atoms with Crippen LogP contribution in [0.25, 0.3) is 0 Å². The van der Waals surface area contributed by atoms with Crippen molar-refractivity contribution in [2.75, 3.05) is 13.1 Å². The molecule has 2 nitrogen and oxygen atoms in total. The lowest BCUT2D eigenvalue weighted by Crippen LogP contribution is -2.64. The smallest absolute Gasteiger partial charge is 0.206 e. The fourth-order valence-corrected chi connectivity index (χ4v) is 1.61. The van der Waals surface area contributed by atoms with Gasteiger partial charge in [0.2, 0.25) is 8.91 Å². The first-order chi connectivity index (χ1) is 5.30. The second kappa shape index (κ2) is 3.41. The Labute approximate surface area is 93.9 Å². The van der Waals surface area contributed by atoms with Gasteiger partial charge in [0.1, 0.15) is 0 Å². The molecule has 64 valence electrons. The first-order valence-electron chi connectivity index (χ1n) is 3.10. The molecule has 0 saturated carbocycles. The van der Waals surface area contributed by atoms with Crippen LogP contribution in [0.5, 0.6) is 0 Å². The molecule has 8 heteroatoms. The van der Waals surface area contributed by atoms with Crippen molar-refractivity contribution < 1.29 is 0 Å². The lowest BCUT2D eigenvalue weighted by Gasteiger charge is -2.50. The largest absolute Gasteiger partial charge is 0.319 e. The molecule has 0 unspecified atom stereocenters. The van der Waals surface area contributed by atoms with Crippen molar-refractivity contribution >= 4 is 62.4 Å². The van der Waals surface area contributed by atoms with Gasteiger partial charge in [-0.3, -0.25) is 0 Å². The fourth-order valence-electron chi connectivity index (χ4n) is 0.842. The lowest BCUT2D eigenvalue weighted by molar-refractivity contribution is 0.186. The number of alkyl halides is 4. The van der Waals surface area contributed by atoms with Crippen LogP contribution in [-0.2, 0) is 0 Å². The summed E-state index contributed by atoms with van der Waals surface area (Å²) in [7, 11) is 10.9. The van der Waals surface area contributed by atoms with E-state index in [4.69, 9.17) is 62.4 Å². The maximum absolute atomic E-state index is 5.79. The van der Waals surface area contributed by atoms with Gasteiger partial charge in [0, 0.05) is 13.1 Å². The zero-order chi connectivity index (χ0) is 9.57. The van der Waals surface area contributed by atoms with Crippen LogP contribution in [0.2, 0.25) is 0 Å². The maximum atomic E-state index is 5.79. The van der Waals surface area contributed by atoms with Crippen LogP contribution in [0.4, 0.5) is 0 Å². The lowest BCUT2D eigenvalue weighted by atomic mass is 10.1. The predicted octanol–water partition coefficient (Wildman–Crippen LogP) is 1.03. The Kier molecular flexibility index (Phi) is 3.21. The number of hydrogen-bond acceptors (Lipinski definition) is 2. The second-order valence-electron chi connectivity index (χ2n) is 2.47. The molecule has 0 aromatic rings. The SMILES string of the molecule is [B]N1CCN([B])C(Cl)(Cl)C1(Cl)Cl. The van der Waals surface area contributed by atoms with Crippen molar-refractivity contribution in [1.29, 1.82) is 0 Å². The van der Waals surface area contributed by atoms with Gasteiger partial charge in [-0.05, 0) is 0 Å². The Morgan fingerprint density at radius 2 is 1.08 bits per heavy atom. The van der Waals surface area contributed by atoms with Crippen LogP contribution in [0, 0.1) is 0 Å². The number of hydrogen-bond donors (Lipinski definition) is 0. The van der Waals surface area contributed by atoms with Crippen molar-refractivity contribution in [1.82, 2.24) is 9.62 Å². The van der Waals surface area contributed by atoms with Crippen molar-refractivity contribution in [2.24, 2.45) is 0 Å². The van der Waals surface area contributed by atoms with Crippen LogP contribution >= 0.6 is 46.4 Å². The summed E-state index contributed by atoms with van der Waals surface area (Å²) >= 11 is 23.2. The third kappa shape index (κ3) is 1.58. The van der Waals surface area contributed by atoms with Crippen LogP contribution < -0.4 is 0 Å². The summed E-state index contributed by atoms with van der Waals surface area (Å²) < 4.78 is -3.22. The van der Waals surface area contributed by atoms with Gasteiger partial charge in [-0.25, -0.2) is 0 Å².